The van der Waals surface area contributed by atoms with Crippen molar-refractivity contribution in [3.63, 3.8) is 0 Å². The van der Waals surface area contributed by atoms with Gasteiger partial charge in [-0.2, -0.15) is 4.31 Å². The Kier molecular flexibility index (Phi) is 7.20. The van der Waals surface area contributed by atoms with Gasteiger partial charge in [-0.05, 0) is 0 Å². The SMILES string of the molecule is COCCC(=O)N1CCOC(CN(CC(=O)O)S(C)(=O)=O)C1. The second kappa shape index (κ2) is 8.42. The first kappa shape index (κ1) is 18.8. The summed E-state index contributed by atoms with van der Waals surface area (Å²) in [6.45, 7) is 0.532. The molecule has 1 amide bonds. The zero-order chi connectivity index (χ0) is 16.8. The fraction of sp³-hybridized carbons (Fsp3) is 0.833. The zero-order valence-corrected chi connectivity index (χ0v) is 13.5. The van der Waals surface area contributed by atoms with Crippen LogP contribution in [0.15, 0.2) is 0 Å². The van der Waals surface area contributed by atoms with Crippen LogP contribution in [-0.2, 0) is 29.1 Å². The maximum Gasteiger partial charge on any atom is 0.318 e. The molecule has 0 bridgehead atoms. The van der Waals surface area contributed by atoms with E-state index in [1.54, 1.807) is 4.90 Å². The number of aliphatic carboxylic acids is 1. The second-order valence-corrected chi connectivity index (χ2v) is 7.01. The second-order valence-electron chi connectivity index (χ2n) is 5.02. The van der Waals surface area contributed by atoms with Crippen LogP contribution in [0.2, 0.25) is 0 Å². The van der Waals surface area contributed by atoms with E-state index in [1.165, 1.54) is 7.11 Å². The molecule has 0 radical (unpaired) electrons. The molecule has 1 rings (SSSR count). The standard InChI is InChI=1S/C12H22N2O7S/c1-20-5-3-11(15)13-4-6-21-10(7-13)8-14(9-12(16)17)22(2,18)19/h10H,3-9H2,1-2H3,(H,16,17). The van der Waals surface area contributed by atoms with Crippen molar-refractivity contribution < 1.29 is 32.6 Å². The van der Waals surface area contributed by atoms with Gasteiger partial charge >= 0.3 is 5.97 Å². The Morgan fingerprint density at radius 3 is 2.68 bits per heavy atom. The molecule has 0 aliphatic carbocycles. The summed E-state index contributed by atoms with van der Waals surface area (Å²) < 4.78 is 34.3. The van der Waals surface area contributed by atoms with E-state index < -0.39 is 28.6 Å². The van der Waals surface area contributed by atoms with Gasteiger partial charge in [0, 0.05) is 26.7 Å². The summed E-state index contributed by atoms with van der Waals surface area (Å²) in [6.07, 6.45) is 0.642. The summed E-state index contributed by atoms with van der Waals surface area (Å²) in [5.74, 6) is -1.34. The van der Waals surface area contributed by atoms with Gasteiger partial charge in [-0.15, -0.1) is 0 Å². The third-order valence-corrected chi connectivity index (χ3v) is 4.42. The van der Waals surface area contributed by atoms with Crippen LogP contribution in [-0.4, -0.2) is 93.5 Å². The lowest BCUT2D eigenvalue weighted by molar-refractivity contribution is -0.142. The van der Waals surface area contributed by atoms with Crippen LogP contribution in [0.5, 0.6) is 0 Å². The molecule has 9 nitrogen and oxygen atoms in total. The summed E-state index contributed by atoms with van der Waals surface area (Å²) in [7, 11) is -2.16. The number of carboxylic acid groups (broad SMARTS) is 1. The number of carboxylic acids is 1. The zero-order valence-electron chi connectivity index (χ0n) is 12.7. The fourth-order valence-electron chi connectivity index (χ4n) is 2.10. The molecule has 22 heavy (non-hydrogen) atoms. The molecular formula is C12H22N2O7S. The third-order valence-electron chi connectivity index (χ3n) is 3.20. The molecule has 1 aliphatic rings. The molecule has 0 saturated carbocycles. The molecule has 1 atom stereocenters. The van der Waals surface area contributed by atoms with E-state index in [-0.39, 0.29) is 32.0 Å². The first-order valence-corrected chi connectivity index (χ1v) is 8.64. The highest BCUT2D eigenvalue weighted by Gasteiger charge is 2.29. The van der Waals surface area contributed by atoms with Crippen LogP contribution >= 0.6 is 0 Å². The molecule has 128 valence electrons. The maximum atomic E-state index is 11.9. The Bertz CT molecular complexity index is 494. The molecular weight excluding hydrogens is 316 g/mol. The minimum absolute atomic E-state index is 0.0979. The monoisotopic (exact) mass is 338 g/mol. The molecule has 0 aromatic heterocycles. The molecule has 0 aromatic carbocycles. The molecule has 0 aromatic rings. The predicted molar refractivity (Wildman–Crippen MR) is 76.9 cm³/mol. The van der Waals surface area contributed by atoms with E-state index in [2.05, 4.69) is 0 Å². The minimum atomic E-state index is -3.66. The normalized spacial score (nSPS) is 19.4. The maximum absolute atomic E-state index is 11.9. The van der Waals surface area contributed by atoms with Gasteiger partial charge in [0.1, 0.15) is 6.54 Å². The molecule has 1 heterocycles. The van der Waals surface area contributed by atoms with E-state index in [4.69, 9.17) is 14.6 Å². The fourth-order valence-corrected chi connectivity index (χ4v) is 2.88. The number of methoxy groups -OCH3 is 1. The summed E-state index contributed by atoms with van der Waals surface area (Å²) in [5, 5.41) is 8.79. The summed E-state index contributed by atoms with van der Waals surface area (Å²) in [5.41, 5.74) is 0. The molecule has 1 unspecified atom stereocenters. The number of rotatable bonds is 8. The number of hydrogen-bond donors (Lipinski definition) is 1. The van der Waals surface area contributed by atoms with Crippen molar-refractivity contribution in [3.8, 4) is 0 Å². The van der Waals surface area contributed by atoms with E-state index in [0.29, 0.717) is 13.2 Å². The highest BCUT2D eigenvalue weighted by atomic mass is 32.2. The van der Waals surface area contributed by atoms with Crippen LogP contribution in [0.3, 0.4) is 0 Å². The van der Waals surface area contributed by atoms with Gasteiger partial charge in [0.2, 0.25) is 15.9 Å². The lowest BCUT2D eigenvalue weighted by atomic mass is 10.2. The molecule has 1 aliphatic heterocycles. The lowest BCUT2D eigenvalue weighted by Crippen LogP contribution is -2.51. The Balaban J connectivity index is 2.63. The van der Waals surface area contributed by atoms with E-state index in [9.17, 15) is 18.0 Å². The van der Waals surface area contributed by atoms with Crippen molar-refractivity contribution >= 4 is 21.9 Å². The number of hydrogen-bond acceptors (Lipinski definition) is 6. The smallest absolute Gasteiger partial charge is 0.318 e. The van der Waals surface area contributed by atoms with Crippen LogP contribution in [0.1, 0.15) is 6.42 Å². The van der Waals surface area contributed by atoms with Crippen LogP contribution in [0.4, 0.5) is 0 Å². The van der Waals surface area contributed by atoms with Gasteiger partial charge in [-0.1, -0.05) is 0 Å². The Morgan fingerprint density at radius 1 is 1.45 bits per heavy atom. The van der Waals surface area contributed by atoms with Gasteiger partial charge in [-0.25, -0.2) is 8.42 Å². The quantitative estimate of drug-likeness (QED) is 0.579. The largest absolute Gasteiger partial charge is 0.480 e. The number of ether oxygens (including phenoxy) is 2. The Hall–Kier alpha value is -1.23. The molecule has 1 N–H and O–H groups in total. The third kappa shape index (κ3) is 6.26. The summed E-state index contributed by atoms with van der Waals surface area (Å²) >= 11 is 0. The Morgan fingerprint density at radius 2 is 2.14 bits per heavy atom. The minimum Gasteiger partial charge on any atom is -0.480 e. The first-order chi connectivity index (χ1) is 10.2. The summed E-state index contributed by atoms with van der Waals surface area (Å²) in [4.78, 5) is 24.3. The van der Waals surface area contributed by atoms with E-state index >= 15 is 0 Å². The van der Waals surface area contributed by atoms with Crippen molar-refractivity contribution in [1.29, 1.82) is 0 Å². The van der Waals surface area contributed by atoms with Gasteiger partial charge < -0.3 is 19.5 Å². The predicted octanol–water partition coefficient (Wildman–Crippen LogP) is -1.40. The van der Waals surface area contributed by atoms with Crippen LogP contribution in [0.25, 0.3) is 0 Å². The van der Waals surface area contributed by atoms with Gasteiger partial charge in [0.25, 0.3) is 0 Å². The number of amides is 1. The summed E-state index contributed by atoms with van der Waals surface area (Å²) in [6, 6.07) is 0. The average Bonchev–Trinajstić information content (AvgIpc) is 2.43. The van der Waals surface area contributed by atoms with Crippen molar-refractivity contribution in [2.75, 3.05) is 52.8 Å². The molecule has 0 spiro atoms. The number of morpholine rings is 1. The van der Waals surface area contributed by atoms with Crippen molar-refractivity contribution in [2.45, 2.75) is 12.5 Å². The van der Waals surface area contributed by atoms with E-state index in [1.807, 2.05) is 0 Å². The van der Waals surface area contributed by atoms with Gasteiger partial charge in [0.15, 0.2) is 0 Å². The van der Waals surface area contributed by atoms with Crippen LogP contribution in [0, 0.1) is 0 Å². The van der Waals surface area contributed by atoms with Crippen molar-refractivity contribution in [2.24, 2.45) is 0 Å². The van der Waals surface area contributed by atoms with Crippen molar-refractivity contribution in [3.05, 3.63) is 0 Å². The highest BCUT2D eigenvalue weighted by Crippen LogP contribution is 2.10. The lowest BCUT2D eigenvalue weighted by Gasteiger charge is -2.34. The average molecular weight is 338 g/mol. The number of carbonyl (C=O) groups is 2. The van der Waals surface area contributed by atoms with E-state index in [0.717, 1.165) is 10.6 Å². The molecule has 1 saturated heterocycles. The van der Waals surface area contributed by atoms with Gasteiger partial charge in [-0.3, -0.25) is 9.59 Å². The first-order valence-electron chi connectivity index (χ1n) is 6.79. The highest BCUT2D eigenvalue weighted by molar-refractivity contribution is 7.88. The number of nitrogens with zero attached hydrogens (tertiary/aromatic N) is 2. The topological polar surface area (TPSA) is 113 Å². The van der Waals surface area contributed by atoms with Gasteiger partial charge in [0.05, 0.1) is 32.0 Å². The number of carbonyl (C=O) groups excluding carboxylic acids is 1. The van der Waals surface area contributed by atoms with Crippen LogP contribution < -0.4 is 0 Å². The number of sulfonamides is 1. The Labute approximate surface area is 129 Å². The molecule has 10 heteroatoms. The van der Waals surface area contributed by atoms with Crippen molar-refractivity contribution in [1.82, 2.24) is 9.21 Å². The molecule has 1 fully saturated rings.